The molecule has 0 aliphatic carbocycles. The average molecular weight is 673 g/mol. The molecule has 14 heteroatoms. The van der Waals surface area contributed by atoms with E-state index in [1.165, 1.54) is 11.3 Å². The van der Waals surface area contributed by atoms with Gasteiger partial charge in [0, 0.05) is 43.7 Å². The van der Waals surface area contributed by atoms with Gasteiger partial charge in [0.2, 0.25) is 0 Å². The molecule has 2 aromatic heterocycles. The van der Waals surface area contributed by atoms with E-state index in [0.717, 1.165) is 36.5 Å². The number of nitrogens with zero attached hydrogens (tertiary/aromatic N) is 5. The summed E-state index contributed by atoms with van der Waals surface area (Å²) in [4.78, 5) is 46.8. The number of thiazole rings is 1. The lowest BCUT2D eigenvalue weighted by atomic mass is 9.62. The molecule has 4 heterocycles. The van der Waals surface area contributed by atoms with E-state index in [2.05, 4.69) is 41.4 Å². The molecule has 0 spiro atoms. The van der Waals surface area contributed by atoms with E-state index >= 15 is 0 Å². The zero-order valence-corrected chi connectivity index (χ0v) is 30.3. The van der Waals surface area contributed by atoms with Crippen molar-refractivity contribution in [2.45, 2.75) is 122 Å². The number of carbonyl (C=O) groups excluding carboxylic acids is 3. The fourth-order valence-electron chi connectivity index (χ4n) is 7.45. The maximum Gasteiger partial charge on any atom is 0.410 e. The third-order valence-electron chi connectivity index (χ3n) is 10.7. The zero-order chi connectivity index (χ0) is 34.5. The smallest absolute Gasteiger partial charge is 0.410 e. The van der Waals surface area contributed by atoms with Crippen molar-refractivity contribution < 1.29 is 28.6 Å². The Morgan fingerprint density at radius 3 is 2.53 bits per heavy atom. The number of hydrogen-bond acceptors (Lipinski definition) is 11. The highest BCUT2D eigenvalue weighted by molar-refractivity contribution is 7.13. The highest BCUT2D eigenvalue weighted by Gasteiger charge is 2.58. The number of aromatic nitrogens is 4. The van der Waals surface area contributed by atoms with E-state index in [1.54, 1.807) is 29.8 Å². The van der Waals surface area contributed by atoms with Gasteiger partial charge >= 0.3 is 12.1 Å². The summed E-state index contributed by atoms with van der Waals surface area (Å²) in [6.07, 6.45) is 6.02. The summed E-state index contributed by atoms with van der Waals surface area (Å²) in [6, 6.07) is -0.574. The first-order valence-electron chi connectivity index (χ1n) is 17.1. The van der Waals surface area contributed by atoms with E-state index in [9.17, 15) is 14.4 Å². The fraction of sp³-hybridized carbons (Fsp3) is 0.758. The molecule has 2 aromatic rings. The van der Waals surface area contributed by atoms with Crippen LogP contribution in [0, 0.1) is 17.8 Å². The quantitative estimate of drug-likeness (QED) is 0.188. The third kappa shape index (κ3) is 8.08. The molecule has 0 unspecified atom stereocenters. The van der Waals surface area contributed by atoms with E-state index in [1.807, 2.05) is 40.2 Å². The Kier molecular flexibility index (Phi) is 12.3. The molecule has 2 aliphatic heterocycles. The van der Waals surface area contributed by atoms with Crippen LogP contribution in [0.4, 0.5) is 4.79 Å². The van der Waals surface area contributed by atoms with Crippen LogP contribution < -0.4 is 5.32 Å². The molecular formula is C33H53BN6O6S. The lowest BCUT2D eigenvalue weighted by molar-refractivity contribution is -0.170. The lowest BCUT2D eigenvalue weighted by Gasteiger charge is -2.42. The predicted octanol–water partition coefficient (Wildman–Crippen LogP) is 4.16. The van der Waals surface area contributed by atoms with Gasteiger partial charge in [0.05, 0.1) is 17.8 Å². The Balaban J connectivity index is 1.54. The van der Waals surface area contributed by atoms with E-state index < -0.39 is 47.2 Å². The number of rotatable bonds is 8. The first kappa shape index (κ1) is 37.0. The number of Topliss-reactive ketones (excluding diaryl/α,β-unsaturated/α-hetero) is 1. The van der Waals surface area contributed by atoms with Crippen molar-refractivity contribution in [1.82, 2.24) is 30.2 Å². The third-order valence-corrected chi connectivity index (χ3v) is 11.5. The molecule has 2 aliphatic rings. The Morgan fingerprint density at radius 1 is 1.15 bits per heavy atom. The van der Waals surface area contributed by atoms with Crippen LogP contribution in [-0.2, 0) is 30.3 Å². The molecule has 9 atom stereocenters. The Labute approximate surface area is 284 Å². The summed E-state index contributed by atoms with van der Waals surface area (Å²) in [6.45, 7) is 15.4. The van der Waals surface area contributed by atoms with Gasteiger partial charge in [0.1, 0.15) is 36.4 Å². The first-order valence-corrected chi connectivity index (χ1v) is 18.0. The molecule has 1 N–H and O–H groups in total. The minimum atomic E-state index is -1.12. The SMILES string of the molecule is B[C@@H]1[C@@H](C)C(=O)[C@@H](C)C(=O)O[C@H](CC)[C@@]2(C)OC(=O)N(CCCCn3cc(-c4nccs4)nn3)[C@@H]2[C@H](C)NCC[C@@H](C)C[C@@]1(C)OC. The van der Waals surface area contributed by atoms with Gasteiger partial charge in [-0.1, -0.05) is 26.0 Å². The molecule has 0 saturated carbocycles. The van der Waals surface area contributed by atoms with Crippen LogP contribution in [0.25, 0.3) is 10.7 Å². The topological polar surface area (TPSA) is 138 Å². The summed E-state index contributed by atoms with van der Waals surface area (Å²) in [5.74, 6) is -1.96. The van der Waals surface area contributed by atoms with Crippen LogP contribution in [-0.4, -0.2) is 100 Å². The van der Waals surface area contributed by atoms with Crippen LogP contribution >= 0.6 is 11.3 Å². The maximum absolute atomic E-state index is 13.6. The first-order chi connectivity index (χ1) is 22.3. The zero-order valence-electron chi connectivity index (χ0n) is 29.5. The summed E-state index contributed by atoms with van der Waals surface area (Å²) < 4.78 is 20.1. The van der Waals surface area contributed by atoms with Gasteiger partial charge in [-0.05, 0) is 78.1 Å². The Hall–Kier alpha value is -2.84. The van der Waals surface area contributed by atoms with Crippen LogP contribution in [0.15, 0.2) is 17.8 Å². The van der Waals surface area contributed by atoms with Gasteiger partial charge < -0.3 is 19.5 Å². The number of hydrogen-bond donors (Lipinski definition) is 1. The number of carbonyl (C=O) groups is 3. The minimum Gasteiger partial charge on any atom is -0.458 e. The monoisotopic (exact) mass is 672 g/mol. The van der Waals surface area contributed by atoms with E-state index in [0.29, 0.717) is 31.8 Å². The molecule has 0 bridgehead atoms. The number of ether oxygens (including phenoxy) is 3. The molecule has 260 valence electrons. The summed E-state index contributed by atoms with van der Waals surface area (Å²) in [5, 5.41) is 14.9. The second-order valence-electron chi connectivity index (χ2n) is 14.0. The molecular weight excluding hydrogens is 619 g/mol. The Morgan fingerprint density at radius 2 is 1.87 bits per heavy atom. The van der Waals surface area contributed by atoms with Crippen molar-refractivity contribution in [3.63, 3.8) is 0 Å². The highest BCUT2D eigenvalue weighted by Crippen LogP contribution is 2.40. The van der Waals surface area contributed by atoms with Gasteiger partial charge in [-0.2, -0.15) is 0 Å². The van der Waals surface area contributed by atoms with Crippen molar-refractivity contribution in [2.75, 3.05) is 20.2 Å². The van der Waals surface area contributed by atoms with Gasteiger partial charge in [0.25, 0.3) is 0 Å². The Bertz CT molecular complexity index is 1360. The number of unbranched alkanes of at least 4 members (excludes halogenated alkanes) is 1. The number of nitrogens with one attached hydrogen (secondary N) is 1. The number of ketones is 1. The molecule has 47 heavy (non-hydrogen) atoms. The molecule has 1 amide bonds. The number of aryl methyl sites for hydroxylation is 1. The van der Waals surface area contributed by atoms with Crippen molar-refractivity contribution >= 4 is 37.0 Å². The summed E-state index contributed by atoms with van der Waals surface area (Å²) in [5.41, 5.74) is -0.921. The molecule has 12 nitrogen and oxygen atoms in total. The molecule has 2 saturated heterocycles. The van der Waals surface area contributed by atoms with Gasteiger partial charge in [0.15, 0.2) is 5.60 Å². The number of methoxy groups -OCH3 is 1. The van der Waals surface area contributed by atoms with Crippen LogP contribution in [0.5, 0.6) is 0 Å². The van der Waals surface area contributed by atoms with Gasteiger partial charge in [-0.15, -0.1) is 16.4 Å². The highest BCUT2D eigenvalue weighted by atomic mass is 32.1. The van der Waals surface area contributed by atoms with E-state index in [4.69, 9.17) is 14.2 Å². The van der Waals surface area contributed by atoms with Crippen molar-refractivity contribution in [3.05, 3.63) is 17.8 Å². The maximum atomic E-state index is 13.6. The molecule has 0 aromatic carbocycles. The van der Waals surface area contributed by atoms with E-state index in [-0.39, 0.29) is 17.6 Å². The summed E-state index contributed by atoms with van der Waals surface area (Å²) in [7, 11) is 3.72. The van der Waals surface area contributed by atoms with Crippen molar-refractivity contribution in [1.29, 1.82) is 0 Å². The molecule has 2 fully saturated rings. The number of cyclic esters (lactones) is 1. The normalized spacial score (nSPS) is 34.6. The molecule has 0 radical (unpaired) electrons. The second-order valence-corrected chi connectivity index (χ2v) is 14.9. The number of amides is 1. The van der Waals surface area contributed by atoms with Crippen molar-refractivity contribution in [2.24, 2.45) is 17.8 Å². The van der Waals surface area contributed by atoms with Crippen LogP contribution in [0.1, 0.15) is 80.6 Å². The fourth-order valence-corrected chi connectivity index (χ4v) is 8.03. The minimum absolute atomic E-state index is 0.115. The summed E-state index contributed by atoms with van der Waals surface area (Å²) >= 11 is 1.52. The average Bonchev–Trinajstić information content (AvgIpc) is 3.79. The predicted molar refractivity (Wildman–Crippen MR) is 183 cm³/mol. The lowest BCUT2D eigenvalue weighted by Crippen LogP contribution is -2.60. The second kappa shape index (κ2) is 15.6. The van der Waals surface area contributed by atoms with Crippen LogP contribution in [0.3, 0.4) is 0 Å². The molecule has 4 rings (SSSR count). The largest absolute Gasteiger partial charge is 0.458 e. The number of fused-ring (bicyclic) bond motifs is 1. The van der Waals surface area contributed by atoms with Gasteiger partial charge in [-0.3, -0.25) is 19.2 Å². The number of esters is 1. The van der Waals surface area contributed by atoms with Crippen molar-refractivity contribution in [3.8, 4) is 10.7 Å². The van der Waals surface area contributed by atoms with Gasteiger partial charge in [-0.25, -0.2) is 9.78 Å². The standard InChI is InChI=1S/C33H53BN6O6S/c1-9-25-33(7)28(40(31(43)46-33)16-11-10-15-39-19-24(37-38-39)29-36-14-17-47-29)23(5)35-13-12-20(2)18-32(6,44-8)27(34)21(3)26(41)22(4)30(42)45-25/h14,17,19-23,25,27-28,35H,9-13,15-16,18,34H2,1-8H3/t20-,21+,22-,23+,25-,27-,28-,32-,33-/m1/s1. The van der Waals surface area contributed by atoms with Crippen LogP contribution in [0.2, 0.25) is 5.82 Å².